The third-order valence-electron chi connectivity index (χ3n) is 4.01. The van der Waals surface area contributed by atoms with E-state index in [0.29, 0.717) is 16.5 Å². The molecule has 0 bridgehead atoms. The van der Waals surface area contributed by atoms with Crippen molar-refractivity contribution in [3.05, 3.63) is 47.5 Å². The largest absolute Gasteiger partial charge is 0.469 e. The third-order valence-corrected chi connectivity index (χ3v) is 4.77. The number of furan rings is 1. The Morgan fingerprint density at radius 1 is 1.46 bits per heavy atom. The van der Waals surface area contributed by atoms with Gasteiger partial charge in [0.15, 0.2) is 5.13 Å². The number of amides is 2. The van der Waals surface area contributed by atoms with E-state index < -0.39 is 5.91 Å². The fourth-order valence-electron chi connectivity index (χ4n) is 2.65. The number of anilines is 1. The van der Waals surface area contributed by atoms with E-state index in [0.717, 1.165) is 17.7 Å². The second-order valence-corrected chi connectivity index (χ2v) is 6.52. The standard InChI is InChI=1S/C16H14N4O3S/c17-14(21)11-4-8(6-18-11)12-7-24-16(19-12)20-15(22)10-5-9(10)13-2-1-3-23-13/h1-4,6-7,9-10,18H,5H2,(H2,17,21)(H,19,20,22). The van der Waals surface area contributed by atoms with Gasteiger partial charge in [-0.1, -0.05) is 0 Å². The predicted octanol–water partition coefficient (Wildman–Crippen LogP) is 2.57. The molecule has 8 heteroatoms. The fourth-order valence-corrected chi connectivity index (χ4v) is 3.37. The summed E-state index contributed by atoms with van der Waals surface area (Å²) in [4.78, 5) is 30.6. The zero-order valence-corrected chi connectivity index (χ0v) is 13.3. The molecule has 2 amide bonds. The topological polar surface area (TPSA) is 114 Å². The zero-order valence-electron chi connectivity index (χ0n) is 12.5. The van der Waals surface area contributed by atoms with Crippen molar-refractivity contribution in [2.45, 2.75) is 12.3 Å². The molecule has 1 saturated carbocycles. The summed E-state index contributed by atoms with van der Waals surface area (Å²) in [5.41, 5.74) is 6.97. The van der Waals surface area contributed by atoms with Gasteiger partial charge in [0.1, 0.15) is 11.5 Å². The number of hydrogen-bond donors (Lipinski definition) is 3. The van der Waals surface area contributed by atoms with Crippen LogP contribution in [0.4, 0.5) is 5.13 Å². The average molecular weight is 342 g/mol. The average Bonchev–Trinajstić information content (AvgIpc) is 3.01. The van der Waals surface area contributed by atoms with Crippen LogP contribution in [0.3, 0.4) is 0 Å². The van der Waals surface area contributed by atoms with Gasteiger partial charge < -0.3 is 20.5 Å². The molecule has 1 fully saturated rings. The lowest BCUT2D eigenvalue weighted by Crippen LogP contribution is -2.14. The maximum absolute atomic E-state index is 12.3. The molecule has 2 atom stereocenters. The lowest BCUT2D eigenvalue weighted by molar-refractivity contribution is -0.117. The molecule has 0 saturated heterocycles. The van der Waals surface area contributed by atoms with E-state index in [1.807, 2.05) is 17.5 Å². The minimum absolute atomic E-state index is 0.0517. The van der Waals surface area contributed by atoms with E-state index in [-0.39, 0.29) is 17.7 Å². The van der Waals surface area contributed by atoms with Gasteiger partial charge in [-0.25, -0.2) is 4.98 Å². The quantitative estimate of drug-likeness (QED) is 0.661. The van der Waals surface area contributed by atoms with Gasteiger partial charge in [-0.3, -0.25) is 9.59 Å². The Kier molecular flexibility index (Phi) is 3.46. The number of primary amides is 1. The third kappa shape index (κ3) is 2.71. The molecule has 7 nitrogen and oxygen atoms in total. The van der Waals surface area contributed by atoms with Gasteiger partial charge in [-0.2, -0.15) is 0 Å². The van der Waals surface area contributed by atoms with Gasteiger partial charge in [0.2, 0.25) is 5.91 Å². The van der Waals surface area contributed by atoms with Crippen molar-refractivity contribution in [2.24, 2.45) is 11.7 Å². The molecular formula is C16H14N4O3S. The normalized spacial score (nSPS) is 19.2. The molecule has 0 aromatic carbocycles. The molecule has 4 N–H and O–H groups in total. The van der Waals surface area contributed by atoms with Crippen LogP contribution in [-0.2, 0) is 4.79 Å². The van der Waals surface area contributed by atoms with Gasteiger partial charge in [0, 0.05) is 29.0 Å². The SMILES string of the molecule is NC(=O)c1cc(-c2csc(NC(=O)C3CC3c3ccco3)n2)c[nH]1. The van der Waals surface area contributed by atoms with Crippen LogP contribution in [0.5, 0.6) is 0 Å². The van der Waals surface area contributed by atoms with Crippen molar-refractivity contribution in [3.63, 3.8) is 0 Å². The van der Waals surface area contributed by atoms with E-state index >= 15 is 0 Å². The molecule has 1 aliphatic rings. The predicted molar refractivity (Wildman–Crippen MR) is 88.6 cm³/mol. The summed E-state index contributed by atoms with van der Waals surface area (Å²) in [5.74, 6) is 0.354. The Bertz CT molecular complexity index is 896. The minimum Gasteiger partial charge on any atom is -0.469 e. The molecule has 1 aliphatic carbocycles. The van der Waals surface area contributed by atoms with Crippen LogP contribution < -0.4 is 11.1 Å². The minimum atomic E-state index is -0.525. The highest BCUT2D eigenvalue weighted by Gasteiger charge is 2.46. The van der Waals surface area contributed by atoms with Gasteiger partial charge in [-0.05, 0) is 24.6 Å². The van der Waals surface area contributed by atoms with Crippen molar-refractivity contribution in [1.82, 2.24) is 9.97 Å². The summed E-state index contributed by atoms with van der Waals surface area (Å²) < 4.78 is 5.34. The second kappa shape index (κ2) is 5.64. The summed E-state index contributed by atoms with van der Waals surface area (Å²) in [6.07, 6.45) is 4.07. The van der Waals surface area contributed by atoms with E-state index in [2.05, 4.69) is 15.3 Å². The van der Waals surface area contributed by atoms with E-state index in [4.69, 9.17) is 10.2 Å². The molecule has 2 unspecified atom stereocenters. The Morgan fingerprint density at radius 2 is 2.33 bits per heavy atom. The number of nitrogens with one attached hydrogen (secondary N) is 2. The molecule has 122 valence electrons. The van der Waals surface area contributed by atoms with Crippen molar-refractivity contribution in [2.75, 3.05) is 5.32 Å². The molecule has 0 spiro atoms. The van der Waals surface area contributed by atoms with Gasteiger partial charge in [-0.15, -0.1) is 11.3 Å². The first-order valence-corrected chi connectivity index (χ1v) is 8.28. The molecular weight excluding hydrogens is 328 g/mol. The van der Waals surface area contributed by atoms with Crippen molar-refractivity contribution < 1.29 is 14.0 Å². The Morgan fingerprint density at radius 3 is 3.04 bits per heavy atom. The summed E-state index contributed by atoms with van der Waals surface area (Å²) in [7, 11) is 0. The van der Waals surface area contributed by atoms with Gasteiger partial charge in [0.25, 0.3) is 5.91 Å². The number of aromatic nitrogens is 2. The lowest BCUT2D eigenvalue weighted by Gasteiger charge is -1.99. The highest BCUT2D eigenvalue weighted by molar-refractivity contribution is 7.14. The number of carbonyl (C=O) groups is 2. The number of aromatic amines is 1. The van der Waals surface area contributed by atoms with Crippen molar-refractivity contribution in [1.29, 1.82) is 0 Å². The maximum Gasteiger partial charge on any atom is 0.265 e. The zero-order chi connectivity index (χ0) is 16.7. The first kappa shape index (κ1) is 14.7. The highest BCUT2D eigenvalue weighted by Crippen LogP contribution is 2.48. The Balaban J connectivity index is 1.42. The maximum atomic E-state index is 12.3. The highest BCUT2D eigenvalue weighted by atomic mass is 32.1. The number of nitrogens with two attached hydrogens (primary N) is 1. The molecule has 0 radical (unpaired) electrons. The first-order valence-electron chi connectivity index (χ1n) is 7.40. The van der Waals surface area contributed by atoms with Crippen LogP contribution in [0, 0.1) is 5.92 Å². The van der Waals surface area contributed by atoms with Crippen LogP contribution in [0.2, 0.25) is 0 Å². The van der Waals surface area contributed by atoms with E-state index in [1.165, 1.54) is 11.3 Å². The van der Waals surface area contributed by atoms with Crippen molar-refractivity contribution >= 4 is 28.3 Å². The number of H-pyrrole nitrogens is 1. The number of rotatable bonds is 5. The molecule has 4 rings (SSSR count). The number of carbonyl (C=O) groups excluding carboxylic acids is 2. The van der Waals surface area contributed by atoms with Gasteiger partial charge >= 0.3 is 0 Å². The first-order chi connectivity index (χ1) is 11.6. The summed E-state index contributed by atoms with van der Waals surface area (Å²) in [6.45, 7) is 0. The number of thiazole rings is 1. The van der Waals surface area contributed by atoms with Crippen LogP contribution in [0.1, 0.15) is 28.6 Å². The smallest absolute Gasteiger partial charge is 0.265 e. The molecule has 0 aliphatic heterocycles. The second-order valence-electron chi connectivity index (χ2n) is 5.66. The summed E-state index contributed by atoms with van der Waals surface area (Å²) >= 11 is 1.34. The Labute approximate surface area is 140 Å². The monoisotopic (exact) mass is 342 g/mol. The van der Waals surface area contributed by atoms with E-state index in [9.17, 15) is 9.59 Å². The van der Waals surface area contributed by atoms with E-state index in [1.54, 1.807) is 18.5 Å². The summed E-state index contributed by atoms with van der Waals surface area (Å²) in [6, 6.07) is 5.35. The number of nitrogens with zero attached hydrogens (tertiary/aromatic N) is 1. The molecule has 3 aromatic heterocycles. The molecule has 3 aromatic rings. The summed E-state index contributed by atoms with van der Waals surface area (Å²) in [5, 5.41) is 5.19. The van der Waals surface area contributed by atoms with Crippen LogP contribution in [0.25, 0.3) is 11.3 Å². The van der Waals surface area contributed by atoms with Crippen LogP contribution in [0.15, 0.2) is 40.5 Å². The Hall–Kier alpha value is -2.87. The molecule has 3 heterocycles. The van der Waals surface area contributed by atoms with Crippen LogP contribution in [-0.4, -0.2) is 21.8 Å². The number of hydrogen-bond acceptors (Lipinski definition) is 5. The fraction of sp³-hybridized carbons (Fsp3) is 0.188. The van der Waals surface area contributed by atoms with Crippen LogP contribution >= 0.6 is 11.3 Å². The van der Waals surface area contributed by atoms with Gasteiger partial charge in [0.05, 0.1) is 12.0 Å². The van der Waals surface area contributed by atoms with Crippen molar-refractivity contribution in [3.8, 4) is 11.3 Å². The molecule has 24 heavy (non-hydrogen) atoms. The lowest BCUT2D eigenvalue weighted by atomic mass is 10.2.